The van der Waals surface area contributed by atoms with E-state index in [0.29, 0.717) is 17.4 Å². The van der Waals surface area contributed by atoms with Gasteiger partial charge in [-0.05, 0) is 24.5 Å². The van der Waals surface area contributed by atoms with Gasteiger partial charge in [0.15, 0.2) is 10.8 Å². The van der Waals surface area contributed by atoms with Crippen LogP contribution >= 0.6 is 11.3 Å². The molecule has 2 aromatic heterocycles. The third-order valence-electron chi connectivity index (χ3n) is 2.97. The smallest absolute Gasteiger partial charge is 0.226 e. The van der Waals surface area contributed by atoms with Crippen LogP contribution in [0, 0.1) is 5.92 Å². The molecule has 1 atom stereocenters. The number of thiazole rings is 1. The summed E-state index contributed by atoms with van der Waals surface area (Å²) < 4.78 is 5.28. The second-order valence-corrected chi connectivity index (χ2v) is 6.23. The van der Waals surface area contributed by atoms with Crippen molar-refractivity contribution in [3.63, 3.8) is 0 Å². The van der Waals surface area contributed by atoms with E-state index in [2.05, 4.69) is 24.1 Å². The van der Waals surface area contributed by atoms with Gasteiger partial charge in [-0.25, -0.2) is 4.98 Å². The molecule has 0 aliphatic carbocycles. The lowest BCUT2D eigenvalue weighted by molar-refractivity contribution is -0.121. The summed E-state index contributed by atoms with van der Waals surface area (Å²) in [6.45, 7) is 4.08. The second kappa shape index (κ2) is 7.38. The molecule has 0 aliphatic heterocycles. The molecule has 0 bridgehead atoms. The van der Waals surface area contributed by atoms with Crippen molar-refractivity contribution in [1.82, 2.24) is 10.3 Å². The molecule has 0 aliphatic rings. The van der Waals surface area contributed by atoms with E-state index in [4.69, 9.17) is 4.42 Å². The number of hydrogen-bond acceptors (Lipinski definition) is 5. The number of carbonyl (C=O) groups is 1. The topological polar surface area (TPSA) is 75.4 Å². The lowest BCUT2D eigenvalue weighted by Crippen LogP contribution is -2.39. The van der Waals surface area contributed by atoms with Gasteiger partial charge < -0.3 is 14.8 Å². The Morgan fingerprint density at radius 1 is 1.52 bits per heavy atom. The number of aliphatic hydroxyl groups excluding tert-OH is 1. The van der Waals surface area contributed by atoms with Crippen LogP contribution in [0.25, 0.3) is 10.8 Å². The maximum atomic E-state index is 12.0. The summed E-state index contributed by atoms with van der Waals surface area (Å²) >= 11 is 1.45. The minimum absolute atomic E-state index is 0.0430. The fourth-order valence-corrected chi connectivity index (χ4v) is 2.88. The number of aliphatic hydroxyl groups is 1. The lowest BCUT2D eigenvalue weighted by Gasteiger charge is -2.17. The third kappa shape index (κ3) is 4.68. The molecule has 2 aromatic rings. The fraction of sp³-hybridized carbons (Fsp3) is 0.467. The lowest BCUT2D eigenvalue weighted by atomic mass is 10.0. The molecule has 0 saturated carbocycles. The Labute approximate surface area is 128 Å². The zero-order valence-electron chi connectivity index (χ0n) is 12.2. The molecule has 2 rings (SSSR count). The molecule has 0 spiro atoms. The van der Waals surface area contributed by atoms with E-state index >= 15 is 0 Å². The van der Waals surface area contributed by atoms with Gasteiger partial charge in [-0.1, -0.05) is 13.8 Å². The first kappa shape index (κ1) is 15.7. The summed E-state index contributed by atoms with van der Waals surface area (Å²) in [7, 11) is 0. The van der Waals surface area contributed by atoms with Gasteiger partial charge in [0.2, 0.25) is 5.91 Å². The number of aromatic nitrogens is 1. The van der Waals surface area contributed by atoms with E-state index in [1.165, 1.54) is 11.3 Å². The Kier molecular flexibility index (Phi) is 5.52. The molecule has 0 fully saturated rings. The summed E-state index contributed by atoms with van der Waals surface area (Å²) in [5.74, 6) is 1.01. The van der Waals surface area contributed by atoms with Crippen LogP contribution in [0.5, 0.6) is 0 Å². The normalized spacial score (nSPS) is 12.6. The molecular formula is C15H20N2O3S. The maximum absolute atomic E-state index is 12.0. The number of furan rings is 1. The zero-order valence-corrected chi connectivity index (χ0v) is 13.0. The van der Waals surface area contributed by atoms with E-state index in [1.807, 2.05) is 11.4 Å². The van der Waals surface area contributed by atoms with Crippen LogP contribution in [0.2, 0.25) is 0 Å². The van der Waals surface area contributed by atoms with Gasteiger partial charge in [0, 0.05) is 5.38 Å². The van der Waals surface area contributed by atoms with Gasteiger partial charge in [-0.2, -0.15) is 0 Å². The Balaban J connectivity index is 1.91. The van der Waals surface area contributed by atoms with Gasteiger partial charge in [-0.3, -0.25) is 4.79 Å². The molecule has 6 heteroatoms. The van der Waals surface area contributed by atoms with Crippen molar-refractivity contribution < 1.29 is 14.3 Å². The number of carbonyl (C=O) groups excluding carboxylic acids is 1. The van der Waals surface area contributed by atoms with Crippen LogP contribution in [-0.2, 0) is 11.2 Å². The molecule has 0 saturated heterocycles. The van der Waals surface area contributed by atoms with Crippen molar-refractivity contribution >= 4 is 17.2 Å². The first-order chi connectivity index (χ1) is 10.1. The molecule has 2 N–H and O–H groups in total. The van der Waals surface area contributed by atoms with E-state index in [1.54, 1.807) is 12.3 Å². The predicted molar refractivity (Wildman–Crippen MR) is 82.0 cm³/mol. The van der Waals surface area contributed by atoms with Crippen LogP contribution in [0.4, 0.5) is 0 Å². The van der Waals surface area contributed by atoms with Crippen molar-refractivity contribution in [3.05, 3.63) is 29.5 Å². The average molecular weight is 308 g/mol. The highest BCUT2D eigenvalue weighted by atomic mass is 32.1. The van der Waals surface area contributed by atoms with E-state index < -0.39 is 0 Å². The summed E-state index contributed by atoms with van der Waals surface area (Å²) in [5, 5.41) is 14.7. The van der Waals surface area contributed by atoms with Crippen LogP contribution < -0.4 is 5.32 Å². The Bertz CT molecular complexity index is 563. The van der Waals surface area contributed by atoms with Crippen LogP contribution in [0.3, 0.4) is 0 Å². The van der Waals surface area contributed by atoms with E-state index in [9.17, 15) is 9.90 Å². The minimum Gasteiger partial charge on any atom is -0.462 e. The maximum Gasteiger partial charge on any atom is 0.226 e. The fourth-order valence-electron chi connectivity index (χ4n) is 2.09. The van der Waals surface area contributed by atoms with Crippen molar-refractivity contribution in [1.29, 1.82) is 0 Å². The van der Waals surface area contributed by atoms with Crippen LogP contribution in [-0.4, -0.2) is 28.6 Å². The number of hydrogen-bond donors (Lipinski definition) is 2. The van der Waals surface area contributed by atoms with Crippen LogP contribution in [0.15, 0.2) is 28.2 Å². The summed E-state index contributed by atoms with van der Waals surface area (Å²) in [6.07, 6.45) is 2.57. The van der Waals surface area contributed by atoms with Gasteiger partial charge >= 0.3 is 0 Å². The summed E-state index contributed by atoms with van der Waals surface area (Å²) in [6, 6.07) is 3.45. The minimum atomic E-state index is -0.194. The molecule has 2 heterocycles. The molecular weight excluding hydrogens is 288 g/mol. The highest BCUT2D eigenvalue weighted by Gasteiger charge is 2.15. The number of nitrogens with zero attached hydrogens (tertiary/aromatic N) is 1. The monoisotopic (exact) mass is 308 g/mol. The Morgan fingerprint density at radius 2 is 2.33 bits per heavy atom. The molecule has 114 valence electrons. The quantitative estimate of drug-likeness (QED) is 0.824. The molecule has 5 nitrogen and oxygen atoms in total. The largest absolute Gasteiger partial charge is 0.462 e. The first-order valence-electron chi connectivity index (χ1n) is 6.97. The first-order valence-corrected chi connectivity index (χ1v) is 7.85. The average Bonchev–Trinajstić information content (AvgIpc) is 3.07. The molecule has 1 unspecified atom stereocenters. The van der Waals surface area contributed by atoms with Crippen molar-refractivity contribution in [2.75, 3.05) is 6.61 Å². The van der Waals surface area contributed by atoms with E-state index in [-0.39, 0.29) is 25.0 Å². The summed E-state index contributed by atoms with van der Waals surface area (Å²) in [5.41, 5.74) is 0.713. The molecule has 0 radical (unpaired) electrons. The highest BCUT2D eigenvalue weighted by Crippen LogP contribution is 2.24. The highest BCUT2D eigenvalue weighted by molar-refractivity contribution is 7.13. The Hall–Kier alpha value is -1.66. The second-order valence-electron chi connectivity index (χ2n) is 5.37. The zero-order chi connectivity index (χ0) is 15.2. The van der Waals surface area contributed by atoms with Gasteiger partial charge in [0.25, 0.3) is 0 Å². The van der Waals surface area contributed by atoms with Gasteiger partial charge in [-0.15, -0.1) is 11.3 Å². The standard InChI is InChI=1S/C15H20N2O3S/c1-10(2)6-11(8-18)16-14(19)7-12-9-21-15(17-12)13-4-3-5-20-13/h3-5,9-11,18H,6-8H2,1-2H3,(H,16,19). The SMILES string of the molecule is CC(C)CC(CO)NC(=O)Cc1csc(-c2ccco2)n1. The Morgan fingerprint density at radius 3 is 2.95 bits per heavy atom. The molecule has 0 aromatic carbocycles. The van der Waals surface area contributed by atoms with E-state index in [0.717, 1.165) is 11.4 Å². The predicted octanol–water partition coefficient (Wildman–Crippen LogP) is 2.47. The number of nitrogens with one attached hydrogen (secondary N) is 1. The molecule has 1 amide bonds. The van der Waals surface area contributed by atoms with Gasteiger partial charge in [0.1, 0.15) is 0 Å². The van der Waals surface area contributed by atoms with Gasteiger partial charge in [0.05, 0.1) is 31.0 Å². The number of amides is 1. The number of rotatable bonds is 7. The third-order valence-corrected chi connectivity index (χ3v) is 3.87. The summed E-state index contributed by atoms with van der Waals surface area (Å²) in [4.78, 5) is 16.4. The van der Waals surface area contributed by atoms with Crippen molar-refractivity contribution in [3.8, 4) is 10.8 Å². The van der Waals surface area contributed by atoms with Crippen molar-refractivity contribution in [2.45, 2.75) is 32.7 Å². The molecule has 21 heavy (non-hydrogen) atoms. The van der Waals surface area contributed by atoms with Crippen LogP contribution in [0.1, 0.15) is 26.0 Å². The van der Waals surface area contributed by atoms with Crippen molar-refractivity contribution in [2.24, 2.45) is 5.92 Å².